The highest BCUT2D eigenvalue weighted by atomic mass is 19.1. The van der Waals surface area contributed by atoms with Crippen molar-refractivity contribution in [3.8, 4) is 5.75 Å². The third-order valence-corrected chi connectivity index (χ3v) is 4.10. The third kappa shape index (κ3) is 3.48. The lowest BCUT2D eigenvalue weighted by Crippen LogP contribution is -2.37. The summed E-state index contributed by atoms with van der Waals surface area (Å²) in [7, 11) is 0. The van der Waals surface area contributed by atoms with Crippen LogP contribution in [0.4, 0.5) is 4.39 Å². The van der Waals surface area contributed by atoms with Gasteiger partial charge in [0.2, 0.25) is 0 Å². The molecule has 1 aromatic rings. The number of nitrogens with two attached hydrogens (primary N) is 1. The molecular formula is C15H21FN2O2. The maximum Gasteiger partial charge on any atom is 0.255 e. The van der Waals surface area contributed by atoms with E-state index in [9.17, 15) is 14.3 Å². The summed E-state index contributed by atoms with van der Waals surface area (Å²) >= 11 is 0. The number of hydrogen-bond acceptors (Lipinski definition) is 3. The highest BCUT2D eigenvalue weighted by Gasteiger charge is 2.24. The fraction of sp³-hybridized carbons (Fsp3) is 0.533. The maximum atomic E-state index is 13.1. The van der Waals surface area contributed by atoms with Crippen molar-refractivity contribution in [2.45, 2.75) is 25.7 Å². The summed E-state index contributed by atoms with van der Waals surface area (Å²) in [5.41, 5.74) is 5.73. The smallest absolute Gasteiger partial charge is 0.255 e. The number of carbonyl (C=O) groups is 1. The Morgan fingerprint density at radius 3 is 2.75 bits per heavy atom. The van der Waals surface area contributed by atoms with Crippen LogP contribution in [0, 0.1) is 17.7 Å². The summed E-state index contributed by atoms with van der Waals surface area (Å²) in [6.07, 6.45) is 4.50. The van der Waals surface area contributed by atoms with Gasteiger partial charge in [-0.15, -0.1) is 0 Å². The number of phenolic OH excluding ortho intramolecular Hbond substituents is 1. The number of benzene rings is 1. The van der Waals surface area contributed by atoms with Gasteiger partial charge in [0.15, 0.2) is 0 Å². The average molecular weight is 280 g/mol. The number of amides is 1. The van der Waals surface area contributed by atoms with Gasteiger partial charge in [-0.25, -0.2) is 4.39 Å². The highest BCUT2D eigenvalue weighted by molar-refractivity contribution is 5.96. The van der Waals surface area contributed by atoms with Crippen LogP contribution in [0.15, 0.2) is 18.2 Å². The van der Waals surface area contributed by atoms with E-state index >= 15 is 0 Å². The SMILES string of the molecule is NCC1CCCCC1CNC(=O)c1cc(F)ccc1O. The molecule has 2 unspecified atom stereocenters. The normalized spacial score (nSPS) is 22.5. The molecule has 1 aliphatic rings. The number of carbonyl (C=O) groups excluding carboxylic acids is 1. The molecule has 1 aliphatic carbocycles. The molecule has 110 valence electrons. The van der Waals surface area contributed by atoms with Crippen LogP contribution in [0.1, 0.15) is 36.0 Å². The Kier molecular flexibility index (Phi) is 4.95. The largest absolute Gasteiger partial charge is 0.507 e. The minimum Gasteiger partial charge on any atom is -0.507 e. The molecule has 2 rings (SSSR count). The van der Waals surface area contributed by atoms with Gasteiger partial charge in [-0.2, -0.15) is 0 Å². The molecule has 0 heterocycles. The lowest BCUT2D eigenvalue weighted by molar-refractivity contribution is 0.0932. The Bertz CT molecular complexity index is 479. The predicted molar refractivity (Wildman–Crippen MR) is 74.9 cm³/mol. The molecule has 1 aromatic carbocycles. The van der Waals surface area contributed by atoms with E-state index in [0.717, 1.165) is 31.4 Å². The Morgan fingerprint density at radius 2 is 2.05 bits per heavy atom. The van der Waals surface area contributed by atoms with Crippen molar-refractivity contribution in [1.29, 1.82) is 0 Å². The van der Waals surface area contributed by atoms with Gasteiger partial charge in [0, 0.05) is 6.54 Å². The molecule has 1 saturated carbocycles. The van der Waals surface area contributed by atoms with Gasteiger partial charge in [-0.1, -0.05) is 12.8 Å². The monoisotopic (exact) mass is 280 g/mol. The molecule has 0 saturated heterocycles. The van der Waals surface area contributed by atoms with E-state index in [1.54, 1.807) is 0 Å². The van der Waals surface area contributed by atoms with Crippen LogP contribution in [0.3, 0.4) is 0 Å². The zero-order valence-electron chi connectivity index (χ0n) is 11.4. The summed E-state index contributed by atoms with van der Waals surface area (Å²) in [6, 6.07) is 3.36. The number of nitrogens with one attached hydrogen (secondary N) is 1. The zero-order chi connectivity index (χ0) is 14.5. The van der Waals surface area contributed by atoms with Crippen molar-refractivity contribution in [2.24, 2.45) is 17.6 Å². The van der Waals surface area contributed by atoms with Crippen LogP contribution < -0.4 is 11.1 Å². The maximum absolute atomic E-state index is 13.1. The Labute approximate surface area is 118 Å². The van der Waals surface area contributed by atoms with Gasteiger partial charge >= 0.3 is 0 Å². The highest BCUT2D eigenvalue weighted by Crippen LogP contribution is 2.28. The average Bonchev–Trinajstić information content (AvgIpc) is 2.47. The van der Waals surface area contributed by atoms with Crippen molar-refractivity contribution in [1.82, 2.24) is 5.32 Å². The van der Waals surface area contributed by atoms with E-state index in [2.05, 4.69) is 5.32 Å². The van der Waals surface area contributed by atoms with E-state index in [0.29, 0.717) is 24.9 Å². The van der Waals surface area contributed by atoms with E-state index < -0.39 is 11.7 Å². The second-order valence-corrected chi connectivity index (χ2v) is 5.41. The summed E-state index contributed by atoms with van der Waals surface area (Å²) in [4.78, 5) is 12.0. The van der Waals surface area contributed by atoms with E-state index in [4.69, 9.17) is 5.73 Å². The molecule has 0 radical (unpaired) electrons. The fourth-order valence-corrected chi connectivity index (χ4v) is 2.87. The Hall–Kier alpha value is -1.62. The zero-order valence-corrected chi connectivity index (χ0v) is 11.4. The molecule has 0 aliphatic heterocycles. The van der Waals surface area contributed by atoms with Crippen molar-refractivity contribution >= 4 is 5.91 Å². The molecule has 1 fully saturated rings. The fourth-order valence-electron chi connectivity index (χ4n) is 2.87. The Morgan fingerprint density at radius 1 is 1.35 bits per heavy atom. The third-order valence-electron chi connectivity index (χ3n) is 4.10. The summed E-state index contributed by atoms with van der Waals surface area (Å²) in [5.74, 6) is -0.379. The molecule has 0 spiro atoms. The first-order chi connectivity index (χ1) is 9.61. The molecule has 2 atom stereocenters. The van der Waals surface area contributed by atoms with Gasteiger partial charge in [0.05, 0.1) is 5.56 Å². The summed E-state index contributed by atoms with van der Waals surface area (Å²) in [6.45, 7) is 1.16. The van der Waals surface area contributed by atoms with Gasteiger partial charge in [-0.05, 0) is 49.4 Å². The Balaban J connectivity index is 1.96. The number of rotatable bonds is 4. The van der Waals surface area contributed by atoms with E-state index in [1.165, 1.54) is 12.5 Å². The molecule has 4 N–H and O–H groups in total. The van der Waals surface area contributed by atoms with Crippen LogP contribution in [0.5, 0.6) is 5.75 Å². The van der Waals surface area contributed by atoms with Crippen LogP contribution in [0.2, 0.25) is 0 Å². The topological polar surface area (TPSA) is 75.3 Å². The first-order valence-electron chi connectivity index (χ1n) is 7.08. The van der Waals surface area contributed by atoms with Gasteiger partial charge in [0.1, 0.15) is 11.6 Å². The molecule has 1 amide bonds. The number of halogens is 1. The molecule has 5 heteroatoms. The molecule has 0 aromatic heterocycles. The molecule has 20 heavy (non-hydrogen) atoms. The van der Waals surface area contributed by atoms with Gasteiger partial charge in [-0.3, -0.25) is 4.79 Å². The molecule has 4 nitrogen and oxygen atoms in total. The van der Waals surface area contributed by atoms with Crippen LogP contribution in [0.25, 0.3) is 0 Å². The van der Waals surface area contributed by atoms with Crippen molar-refractivity contribution in [3.63, 3.8) is 0 Å². The van der Waals surface area contributed by atoms with Gasteiger partial charge < -0.3 is 16.2 Å². The summed E-state index contributed by atoms with van der Waals surface area (Å²) < 4.78 is 13.1. The molecule has 0 bridgehead atoms. The number of phenols is 1. The quantitative estimate of drug-likeness (QED) is 0.790. The van der Waals surface area contributed by atoms with Crippen LogP contribution >= 0.6 is 0 Å². The van der Waals surface area contributed by atoms with Gasteiger partial charge in [0.25, 0.3) is 5.91 Å². The lowest BCUT2D eigenvalue weighted by atomic mass is 9.79. The predicted octanol–water partition coefficient (Wildman–Crippen LogP) is 2.03. The van der Waals surface area contributed by atoms with E-state index in [1.807, 2.05) is 0 Å². The minimum atomic E-state index is -0.537. The second-order valence-electron chi connectivity index (χ2n) is 5.41. The lowest BCUT2D eigenvalue weighted by Gasteiger charge is -2.30. The van der Waals surface area contributed by atoms with Crippen molar-refractivity contribution < 1.29 is 14.3 Å². The summed E-state index contributed by atoms with van der Waals surface area (Å²) in [5, 5.41) is 12.4. The van der Waals surface area contributed by atoms with E-state index in [-0.39, 0.29) is 11.3 Å². The van der Waals surface area contributed by atoms with Crippen molar-refractivity contribution in [3.05, 3.63) is 29.6 Å². The minimum absolute atomic E-state index is 0.0230. The number of hydrogen-bond donors (Lipinski definition) is 3. The van der Waals surface area contributed by atoms with Crippen LogP contribution in [-0.2, 0) is 0 Å². The molecular weight excluding hydrogens is 259 g/mol. The first-order valence-corrected chi connectivity index (χ1v) is 7.08. The standard InChI is InChI=1S/C15H21FN2O2/c16-12-5-6-14(19)13(7-12)15(20)18-9-11-4-2-1-3-10(11)8-17/h5-7,10-11,19H,1-4,8-9,17H2,(H,18,20). The number of aromatic hydroxyl groups is 1. The second kappa shape index (κ2) is 6.70. The van der Waals surface area contributed by atoms with Crippen molar-refractivity contribution in [2.75, 3.05) is 13.1 Å². The first kappa shape index (κ1) is 14.8. The van der Waals surface area contributed by atoms with Crippen LogP contribution in [-0.4, -0.2) is 24.1 Å².